The maximum absolute atomic E-state index is 5.94. The smallest absolute Gasteiger partial charge is 0.0819 e. The molecule has 0 aliphatic carbocycles. The average molecular weight is 241 g/mol. The lowest BCUT2D eigenvalue weighted by Gasteiger charge is -2.02. The first-order valence-corrected chi connectivity index (χ1v) is 5.49. The van der Waals surface area contributed by atoms with Crippen LogP contribution in [0.15, 0.2) is 30.5 Å². The predicted octanol–water partition coefficient (Wildman–Crippen LogP) is 3.57. The molecule has 0 radical (unpaired) electrons. The highest BCUT2D eigenvalue weighted by atomic mass is 35.5. The first-order valence-electron chi connectivity index (χ1n) is 4.58. The van der Waals surface area contributed by atoms with Crippen molar-refractivity contribution < 1.29 is 0 Å². The lowest BCUT2D eigenvalue weighted by atomic mass is 10.2. The van der Waals surface area contributed by atoms with Crippen molar-refractivity contribution in [3.8, 4) is 5.69 Å². The van der Waals surface area contributed by atoms with Gasteiger partial charge in [0, 0.05) is 12.1 Å². The van der Waals surface area contributed by atoms with Gasteiger partial charge in [0.05, 0.1) is 16.4 Å². The molecule has 1 heterocycles. The molecule has 15 heavy (non-hydrogen) atoms. The molecule has 4 heteroatoms. The van der Waals surface area contributed by atoms with Crippen LogP contribution >= 0.6 is 23.2 Å². The molecule has 0 aliphatic rings. The van der Waals surface area contributed by atoms with Crippen LogP contribution < -0.4 is 0 Å². The van der Waals surface area contributed by atoms with Crippen LogP contribution in [0, 0.1) is 6.92 Å². The summed E-state index contributed by atoms with van der Waals surface area (Å²) in [5.74, 6) is 0.502. The van der Waals surface area contributed by atoms with E-state index in [1.165, 1.54) is 0 Å². The average Bonchev–Trinajstić information content (AvgIpc) is 2.59. The van der Waals surface area contributed by atoms with E-state index in [-0.39, 0.29) is 0 Å². The van der Waals surface area contributed by atoms with Crippen LogP contribution in [0.2, 0.25) is 5.02 Å². The fraction of sp³-hybridized carbons (Fsp3) is 0.182. The second-order valence-electron chi connectivity index (χ2n) is 3.31. The van der Waals surface area contributed by atoms with Gasteiger partial charge >= 0.3 is 0 Å². The molecule has 0 aliphatic heterocycles. The summed E-state index contributed by atoms with van der Waals surface area (Å²) in [7, 11) is 0. The fourth-order valence-corrected chi connectivity index (χ4v) is 1.65. The van der Waals surface area contributed by atoms with Crippen molar-refractivity contribution in [1.82, 2.24) is 9.78 Å². The van der Waals surface area contributed by atoms with Crippen LogP contribution in [0.25, 0.3) is 5.69 Å². The van der Waals surface area contributed by atoms with E-state index in [1.54, 1.807) is 10.9 Å². The topological polar surface area (TPSA) is 17.8 Å². The molecule has 0 amide bonds. The van der Waals surface area contributed by atoms with Gasteiger partial charge in [-0.2, -0.15) is 5.10 Å². The lowest BCUT2D eigenvalue weighted by molar-refractivity contribution is 0.861. The highest BCUT2D eigenvalue weighted by Crippen LogP contribution is 2.17. The van der Waals surface area contributed by atoms with E-state index in [9.17, 15) is 0 Å². The van der Waals surface area contributed by atoms with Gasteiger partial charge in [0.1, 0.15) is 0 Å². The zero-order chi connectivity index (χ0) is 10.8. The highest BCUT2D eigenvalue weighted by Gasteiger charge is 2.03. The molecule has 0 spiro atoms. The van der Waals surface area contributed by atoms with Gasteiger partial charge in [-0.15, -0.1) is 11.6 Å². The molecule has 78 valence electrons. The number of alkyl halides is 1. The maximum atomic E-state index is 5.94. The second kappa shape index (κ2) is 4.25. The van der Waals surface area contributed by atoms with Crippen molar-refractivity contribution in [1.29, 1.82) is 0 Å². The number of halogens is 2. The van der Waals surface area contributed by atoms with Crippen LogP contribution in [-0.4, -0.2) is 9.78 Å². The Hall–Kier alpha value is -0.990. The predicted molar refractivity (Wildman–Crippen MR) is 62.9 cm³/mol. The fourth-order valence-electron chi connectivity index (χ4n) is 1.35. The van der Waals surface area contributed by atoms with Gasteiger partial charge in [-0.1, -0.05) is 23.7 Å². The molecule has 0 bridgehead atoms. The Morgan fingerprint density at radius 3 is 2.80 bits per heavy atom. The minimum Gasteiger partial charge on any atom is -0.239 e. The monoisotopic (exact) mass is 240 g/mol. The molecule has 1 aromatic carbocycles. The molecule has 0 saturated carbocycles. The van der Waals surface area contributed by atoms with E-state index in [4.69, 9.17) is 23.2 Å². The Morgan fingerprint density at radius 1 is 1.40 bits per heavy atom. The largest absolute Gasteiger partial charge is 0.239 e. The number of aromatic nitrogens is 2. The number of hydrogen-bond acceptors (Lipinski definition) is 1. The van der Waals surface area contributed by atoms with E-state index in [0.29, 0.717) is 10.9 Å². The van der Waals surface area contributed by atoms with E-state index < -0.39 is 0 Å². The van der Waals surface area contributed by atoms with Gasteiger partial charge < -0.3 is 0 Å². The lowest BCUT2D eigenvalue weighted by Crippen LogP contribution is -1.95. The summed E-state index contributed by atoms with van der Waals surface area (Å²) in [6, 6.07) is 7.90. The summed E-state index contributed by atoms with van der Waals surface area (Å²) in [6.07, 6.45) is 1.80. The Kier molecular flexibility index (Phi) is 2.98. The number of nitrogens with zero attached hydrogens (tertiary/aromatic N) is 2. The Morgan fingerprint density at radius 2 is 2.20 bits per heavy atom. The number of hydrogen-bond donors (Lipinski definition) is 0. The van der Waals surface area contributed by atoms with Gasteiger partial charge in [0.15, 0.2) is 0 Å². The third kappa shape index (κ3) is 2.16. The third-order valence-corrected chi connectivity index (χ3v) is 2.85. The molecule has 0 fully saturated rings. The van der Waals surface area contributed by atoms with E-state index in [2.05, 4.69) is 5.10 Å². The van der Waals surface area contributed by atoms with E-state index in [1.807, 2.05) is 31.2 Å². The van der Waals surface area contributed by atoms with Crippen molar-refractivity contribution in [2.75, 3.05) is 0 Å². The first-order chi connectivity index (χ1) is 7.20. The third-order valence-electron chi connectivity index (χ3n) is 2.17. The molecule has 0 saturated heterocycles. The molecule has 0 N–H and O–H groups in total. The Bertz CT molecular complexity index is 458. The summed E-state index contributed by atoms with van der Waals surface area (Å²) >= 11 is 11.7. The Balaban J connectivity index is 2.44. The van der Waals surface area contributed by atoms with Crippen molar-refractivity contribution in [2.45, 2.75) is 12.8 Å². The van der Waals surface area contributed by atoms with Crippen molar-refractivity contribution in [3.63, 3.8) is 0 Å². The minimum absolute atomic E-state index is 0.502. The van der Waals surface area contributed by atoms with E-state index >= 15 is 0 Å². The number of benzene rings is 1. The van der Waals surface area contributed by atoms with Crippen LogP contribution in [-0.2, 0) is 5.88 Å². The molecule has 0 unspecified atom stereocenters. The number of rotatable bonds is 2. The van der Waals surface area contributed by atoms with Crippen molar-refractivity contribution in [2.24, 2.45) is 0 Å². The highest BCUT2D eigenvalue weighted by molar-refractivity contribution is 6.31. The van der Waals surface area contributed by atoms with Gasteiger partial charge in [-0.05, 0) is 24.6 Å². The van der Waals surface area contributed by atoms with Gasteiger partial charge in [0.25, 0.3) is 0 Å². The van der Waals surface area contributed by atoms with Crippen LogP contribution in [0.3, 0.4) is 0 Å². The van der Waals surface area contributed by atoms with Crippen molar-refractivity contribution >= 4 is 23.2 Å². The zero-order valence-corrected chi connectivity index (χ0v) is 9.76. The van der Waals surface area contributed by atoms with Gasteiger partial charge in [0.2, 0.25) is 0 Å². The van der Waals surface area contributed by atoms with Crippen LogP contribution in [0.4, 0.5) is 0 Å². The quantitative estimate of drug-likeness (QED) is 0.735. The van der Waals surface area contributed by atoms with Crippen LogP contribution in [0.5, 0.6) is 0 Å². The van der Waals surface area contributed by atoms with Gasteiger partial charge in [-0.3, -0.25) is 0 Å². The standard InChI is InChI=1S/C11H10Cl2N2/c1-8-11(13)7-15(14-8)10-4-2-3-9(5-10)6-12/h2-5,7H,6H2,1H3. The molecule has 2 rings (SSSR count). The Labute approximate surface area is 98.4 Å². The molecular weight excluding hydrogens is 231 g/mol. The SMILES string of the molecule is Cc1nn(-c2cccc(CCl)c2)cc1Cl. The molecule has 0 atom stereocenters. The van der Waals surface area contributed by atoms with Crippen LogP contribution in [0.1, 0.15) is 11.3 Å². The molecule has 2 aromatic rings. The molecular formula is C11H10Cl2N2. The van der Waals surface area contributed by atoms with E-state index in [0.717, 1.165) is 16.9 Å². The minimum atomic E-state index is 0.502. The van der Waals surface area contributed by atoms with Crippen molar-refractivity contribution in [3.05, 3.63) is 46.7 Å². The number of aryl methyl sites for hydroxylation is 1. The molecule has 1 aromatic heterocycles. The first kappa shape index (κ1) is 10.5. The summed E-state index contributed by atoms with van der Waals surface area (Å²) in [6.45, 7) is 1.88. The summed E-state index contributed by atoms with van der Waals surface area (Å²) in [5.41, 5.74) is 2.87. The molecule has 2 nitrogen and oxygen atoms in total. The summed E-state index contributed by atoms with van der Waals surface area (Å²) < 4.78 is 1.76. The second-order valence-corrected chi connectivity index (χ2v) is 3.99. The maximum Gasteiger partial charge on any atom is 0.0819 e. The van der Waals surface area contributed by atoms with Gasteiger partial charge in [-0.25, -0.2) is 4.68 Å². The zero-order valence-electron chi connectivity index (χ0n) is 8.24. The summed E-state index contributed by atoms with van der Waals surface area (Å²) in [5, 5.41) is 4.97. The normalized spacial score (nSPS) is 10.6. The summed E-state index contributed by atoms with van der Waals surface area (Å²) in [4.78, 5) is 0.